The van der Waals surface area contributed by atoms with E-state index in [0.29, 0.717) is 29.9 Å². The third-order valence-corrected chi connectivity index (χ3v) is 8.51. The van der Waals surface area contributed by atoms with E-state index >= 15 is 0 Å². The molecule has 2 aromatic rings. The van der Waals surface area contributed by atoms with Gasteiger partial charge in [-0.1, -0.05) is 12.1 Å². The van der Waals surface area contributed by atoms with Crippen molar-refractivity contribution in [2.75, 3.05) is 14.2 Å². The van der Waals surface area contributed by atoms with Gasteiger partial charge in [0.1, 0.15) is 5.75 Å². The lowest BCUT2D eigenvalue weighted by Crippen LogP contribution is -2.68. The van der Waals surface area contributed by atoms with Crippen molar-refractivity contribution in [2.45, 2.75) is 37.7 Å². The molecule has 10 heteroatoms. The van der Waals surface area contributed by atoms with Gasteiger partial charge in [0.05, 0.1) is 25.7 Å². The van der Waals surface area contributed by atoms with E-state index < -0.39 is 58.3 Å². The number of hydrogen-bond acceptors (Lipinski definition) is 9. The Balaban J connectivity index is 1.47. The molecule has 3 aliphatic rings. The number of ether oxygens (including phenoxy) is 2. The van der Waals surface area contributed by atoms with Crippen LogP contribution in [0.5, 0.6) is 17.2 Å². The fourth-order valence-corrected chi connectivity index (χ4v) is 6.58. The molecule has 2 unspecified atom stereocenters. The third-order valence-electron chi connectivity index (χ3n) is 8.51. The van der Waals surface area contributed by atoms with Gasteiger partial charge < -0.3 is 25.4 Å². The van der Waals surface area contributed by atoms with Crippen molar-refractivity contribution in [2.24, 2.45) is 29.4 Å². The van der Waals surface area contributed by atoms with Crippen molar-refractivity contribution in [1.82, 2.24) is 0 Å². The molecule has 3 aliphatic carbocycles. The van der Waals surface area contributed by atoms with Crippen LogP contribution in [0, 0.1) is 23.7 Å². The van der Waals surface area contributed by atoms with Gasteiger partial charge >= 0.3 is 0 Å². The number of benzene rings is 2. The first kappa shape index (κ1) is 26.6. The lowest BCUT2D eigenvalue weighted by molar-refractivity contribution is -0.175. The van der Waals surface area contributed by atoms with Crippen molar-refractivity contribution in [1.29, 1.82) is 0 Å². The molecule has 4 N–H and O–H groups in total. The number of ketones is 4. The number of hydrogen-bond donors (Lipinski definition) is 3. The number of aliphatic hydroxyl groups is 1. The lowest BCUT2D eigenvalue weighted by atomic mass is 9.53. The summed E-state index contributed by atoms with van der Waals surface area (Å²) in [5, 5.41) is 21.9. The Kier molecular flexibility index (Phi) is 6.54. The van der Waals surface area contributed by atoms with Crippen LogP contribution >= 0.6 is 0 Å². The number of aryl methyl sites for hydroxylation is 2. The number of nitrogens with two attached hydrogens (primary N) is 1. The number of primary amides is 1. The molecule has 0 aliphatic heterocycles. The second kappa shape index (κ2) is 9.60. The van der Waals surface area contributed by atoms with Crippen molar-refractivity contribution in [3.05, 3.63) is 52.6 Å². The molecule has 1 amide bonds. The number of carbonyl (C=O) groups excluding carboxylic acids is 5. The van der Waals surface area contributed by atoms with Gasteiger partial charge in [0.15, 0.2) is 46.2 Å². The van der Waals surface area contributed by atoms with E-state index in [2.05, 4.69) is 0 Å². The first-order valence-electron chi connectivity index (χ1n) is 12.7. The molecule has 2 saturated carbocycles. The van der Waals surface area contributed by atoms with Crippen LogP contribution in [0.2, 0.25) is 0 Å². The minimum Gasteiger partial charge on any atom is -0.507 e. The lowest BCUT2D eigenvalue weighted by Gasteiger charge is -2.48. The number of rotatable bonds is 6. The second-order valence-corrected chi connectivity index (χ2v) is 10.5. The van der Waals surface area contributed by atoms with Crippen LogP contribution in [0.4, 0.5) is 0 Å². The second-order valence-electron chi connectivity index (χ2n) is 10.5. The fraction of sp³-hybridized carbons (Fsp3) is 0.414. The van der Waals surface area contributed by atoms with Crippen LogP contribution < -0.4 is 15.2 Å². The highest BCUT2D eigenvalue weighted by Gasteiger charge is 2.66. The van der Waals surface area contributed by atoms with Crippen molar-refractivity contribution < 1.29 is 43.7 Å². The third kappa shape index (κ3) is 4.01. The number of Topliss-reactive ketones (excluding diaryl/α,β-unsaturated/α-hetero) is 4. The predicted octanol–water partition coefficient (Wildman–Crippen LogP) is 1.13. The van der Waals surface area contributed by atoms with Crippen LogP contribution in [-0.2, 0) is 38.4 Å². The topological polar surface area (TPSA) is 170 Å². The summed E-state index contributed by atoms with van der Waals surface area (Å²) in [6.45, 7) is 0. The summed E-state index contributed by atoms with van der Waals surface area (Å²) < 4.78 is 10.7. The summed E-state index contributed by atoms with van der Waals surface area (Å²) in [4.78, 5) is 64.6. The summed E-state index contributed by atoms with van der Waals surface area (Å²) in [7, 11) is 3.10. The Morgan fingerprint density at radius 2 is 1.72 bits per heavy atom. The zero-order valence-electron chi connectivity index (χ0n) is 21.6. The van der Waals surface area contributed by atoms with Gasteiger partial charge in [-0.2, -0.15) is 0 Å². The van der Waals surface area contributed by atoms with Crippen LogP contribution in [0.1, 0.15) is 39.9 Å². The maximum atomic E-state index is 13.7. The standard InChI is InChI=1S/C29H29NO9/c1-38-20-8-4-13(9-21(20)39-2)3-5-14-6-7-18(31)23-17(14)11-15-10-16-12-19(32)24(28(30)36)27(35)29(16,37)26(34)22(15)25(23)33/h4,6-9,15-16,22,24,31,37H,3,5,10-12H2,1-2H3,(H2,30,36)/t15-,16+,22?,24?,29+/m1/s1. The molecule has 5 rings (SSSR count). The first-order valence-corrected chi connectivity index (χ1v) is 12.7. The molecule has 2 fully saturated rings. The summed E-state index contributed by atoms with van der Waals surface area (Å²) in [5.41, 5.74) is 4.97. The molecular formula is C29H29NO9. The Bertz CT molecular complexity index is 1430. The highest BCUT2D eigenvalue weighted by molar-refractivity contribution is 6.31. The molecule has 0 aromatic heterocycles. The fourth-order valence-electron chi connectivity index (χ4n) is 6.58. The molecule has 0 saturated heterocycles. The van der Waals surface area contributed by atoms with E-state index in [9.17, 15) is 34.2 Å². The minimum atomic E-state index is -2.65. The summed E-state index contributed by atoms with van der Waals surface area (Å²) in [6.07, 6.45) is 1.07. The predicted molar refractivity (Wildman–Crippen MR) is 135 cm³/mol. The molecule has 0 bridgehead atoms. The number of phenolic OH excluding ortho intramolecular Hbond substituents is 1. The van der Waals surface area contributed by atoms with E-state index in [1.54, 1.807) is 26.4 Å². The largest absolute Gasteiger partial charge is 0.507 e. The quantitative estimate of drug-likeness (QED) is 0.459. The number of aromatic hydroxyl groups is 1. The van der Waals surface area contributed by atoms with Crippen molar-refractivity contribution in [3.63, 3.8) is 0 Å². The monoisotopic (exact) mass is 535 g/mol. The van der Waals surface area contributed by atoms with Crippen LogP contribution in [0.25, 0.3) is 0 Å². The average molecular weight is 536 g/mol. The van der Waals surface area contributed by atoms with E-state index in [0.717, 1.165) is 11.1 Å². The number of phenols is 1. The summed E-state index contributed by atoms with van der Waals surface area (Å²) >= 11 is 0. The minimum absolute atomic E-state index is 0.00208. The van der Waals surface area contributed by atoms with Gasteiger partial charge in [0.25, 0.3) is 0 Å². The van der Waals surface area contributed by atoms with E-state index in [-0.39, 0.29) is 30.6 Å². The number of amides is 1. The number of fused-ring (bicyclic) bond motifs is 3. The van der Waals surface area contributed by atoms with E-state index in [1.807, 2.05) is 12.1 Å². The van der Waals surface area contributed by atoms with E-state index in [1.165, 1.54) is 6.07 Å². The summed E-state index contributed by atoms with van der Waals surface area (Å²) in [6, 6.07) is 8.73. The van der Waals surface area contributed by atoms with Crippen molar-refractivity contribution >= 4 is 29.0 Å². The van der Waals surface area contributed by atoms with Crippen LogP contribution in [-0.4, -0.2) is 59.1 Å². The zero-order valence-corrected chi connectivity index (χ0v) is 21.6. The molecule has 204 valence electrons. The van der Waals surface area contributed by atoms with Gasteiger partial charge in [-0.25, -0.2) is 0 Å². The SMILES string of the molecule is COc1ccc(CCc2ccc(O)c3c2C[C@H]2C[C@H]4CC(=O)C(C(N)=O)C(=O)[C@@]4(O)C(=O)C2C3=O)cc1OC. The van der Waals surface area contributed by atoms with Gasteiger partial charge in [-0.15, -0.1) is 0 Å². The Labute approximate surface area is 224 Å². The van der Waals surface area contributed by atoms with Crippen LogP contribution in [0.3, 0.4) is 0 Å². The zero-order chi connectivity index (χ0) is 28.2. The summed E-state index contributed by atoms with van der Waals surface area (Å²) in [5.74, 6) is -8.95. The molecule has 2 aromatic carbocycles. The molecule has 39 heavy (non-hydrogen) atoms. The van der Waals surface area contributed by atoms with Gasteiger partial charge in [-0.05, 0) is 66.5 Å². The molecular weight excluding hydrogens is 506 g/mol. The molecule has 0 spiro atoms. The first-order chi connectivity index (χ1) is 18.5. The molecule has 0 heterocycles. The average Bonchev–Trinajstić information content (AvgIpc) is 2.89. The van der Waals surface area contributed by atoms with Crippen molar-refractivity contribution in [3.8, 4) is 17.2 Å². The maximum Gasteiger partial charge on any atom is 0.235 e. The number of methoxy groups -OCH3 is 2. The smallest absolute Gasteiger partial charge is 0.235 e. The Hall–Kier alpha value is -4.05. The molecule has 5 atom stereocenters. The Morgan fingerprint density at radius 3 is 2.38 bits per heavy atom. The molecule has 10 nitrogen and oxygen atoms in total. The molecule has 0 radical (unpaired) electrons. The van der Waals surface area contributed by atoms with E-state index in [4.69, 9.17) is 15.2 Å². The van der Waals surface area contributed by atoms with Gasteiger partial charge in [0, 0.05) is 12.3 Å². The Morgan fingerprint density at radius 1 is 1.00 bits per heavy atom. The van der Waals surface area contributed by atoms with Crippen LogP contribution in [0.15, 0.2) is 30.3 Å². The number of carbonyl (C=O) groups is 5. The van der Waals surface area contributed by atoms with Gasteiger partial charge in [-0.3, -0.25) is 24.0 Å². The highest BCUT2D eigenvalue weighted by atomic mass is 16.5. The van der Waals surface area contributed by atoms with Gasteiger partial charge in [0.2, 0.25) is 5.91 Å². The maximum absolute atomic E-state index is 13.7. The normalized spacial score (nSPS) is 27.9. The highest BCUT2D eigenvalue weighted by Crippen LogP contribution is 2.50.